The third kappa shape index (κ3) is 4.52. The van der Waals surface area contributed by atoms with Crippen molar-refractivity contribution in [2.24, 2.45) is 0 Å². The van der Waals surface area contributed by atoms with Gasteiger partial charge in [0.25, 0.3) is 0 Å². The van der Waals surface area contributed by atoms with Gasteiger partial charge >= 0.3 is 5.97 Å². The van der Waals surface area contributed by atoms with Gasteiger partial charge in [-0.05, 0) is 29.8 Å². The zero-order chi connectivity index (χ0) is 17.5. The molecule has 5 heteroatoms. The molecule has 24 heavy (non-hydrogen) atoms. The average Bonchev–Trinajstić information content (AvgIpc) is 2.61. The number of methoxy groups -OCH3 is 1. The molecule has 2 aromatic carbocycles. The van der Waals surface area contributed by atoms with E-state index < -0.39 is 5.97 Å². The topological polar surface area (TPSA) is 46.6 Å². The van der Waals surface area contributed by atoms with Crippen LogP contribution in [0.5, 0.6) is 0 Å². The second-order valence-corrected chi connectivity index (χ2v) is 5.23. The molecule has 124 valence electrons. The smallest absolute Gasteiger partial charge is 0.337 e. The zero-order valence-electron chi connectivity index (χ0n) is 13.5. The van der Waals surface area contributed by atoms with Gasteiger partial charge in [0, 0.05) is 25.2 Å². The Morgan fingerprint density at radius 2 is 1.79 bits per heavy atom. The summed E-state index contributed by atoms with van der Waals surface area (Å²) in [5.74, 6) is -0.985. The number of amides is 1. The number of benzene rings is 2. The Kier molecular flexibility index (Phi) is 5.84. The Morgan fingerprint density at radius 3 is 2.42 bits per heavy atom. The normalized spacial score (nSPS) is 10.6. The van der Waals surface area contributed by atoms with Crippen molar-refractivity contribution < 1.29 is 18.7 Å². The Hall–Kier alpha value is -2.95. The van der Waals surface area contributed by atoms with Crippen molar-refractivity contribution >= 4 is 18.0 Å². The van der Waals surface area contributed by atoms with E-state index in [2.05, 4.69) is 4.74 Å². The Labute approximate surface area is 140 Å². The largest absolute Gasteiger partial charge is 0.465 e. The van der Waals surface area contributed by atoms with E-state index in [0.717, 1.165) is 5.56 Å². The number of hydrogen-bond acceptors (Lipinski definition) is 3. The number of halogens is 1. The summed E-state index contributed by atoms with van der Waals surface area (Å²) in [6.45, 7) is 0.192. The first-order chi connectivity index (χ1) is 11.5. The van der Waals surface area contributed by atoms with Crippen LogP contribution in [0.3, 0.4) is 0 Å². The average molecular weight is 327 g/mol. The molecule has 0 saturated heterocycles. The van der Waals surface area contributed by atoms with Gasteiger partial charge in [0.05, 0.1) is 12.7 Å². The van der Waals surface area contributed by atoms with E-state index in [9.17, 15) is 14.0 Å². The predicted molar refractivity (Wildman–Crippen MR) is 89.7 cm³/mol. The fraction of sp³-hybridized carbons (Fsp3) is 0.158. The van der Waals surface area contributed by atoms with Gasteiger partial charge in [-0.1, -0.05) is 30.3 Å². The second kappa shape index (κ2) is 8.06. The van der Waals surface area contributed by atoms with Crippen molar-refractivity contribution in [3.8, 4) is 0 Å². The maximum atomic E-state index is 13.6. The molecular weight excluding hydrogens is 309 g/mol. The van der Waals surface area contributed by atoms with Gasteiger partial charge in [0.2, 0.25) is 5.91 Å². The molecule has 2 aromatic rings. The molecule has 0 atom stereocenters. The van der Waals surface area contributed by atoms with Crippen molar-refractivity contribution in [1.29, 1.82) is 0 Å². The summed E-state index contributed by atoms with van der Waals surface area (Å²) in [6, 6.07) is 13.0. The van der Waals surface area contributed by atoms with Gasteiger partial charge in [-0.15, -0.1) is 0 Å². The van der Waals surface area contributed by atoms with Crippen LogP contribution >= 0.6 is 0 Å². The standard InChI is InChI=1S/C19H18FNO3/c1-21(13-16-5-3-4-6-17(16)20)18(22)12-9-14-7-10-15(11-8-14)19(23)24-2/h3-12H,13H2,1-2H3/b12-9+. The maximum absolute atomic E-state index is 13.6. The van der Waals surface area contributed by atoms with Gasteiger partial charge in [-0.3, -0.25) is 4.79 Å². The lowest BCUT2D eigenvalue weighted by molar-refractivity contribution is -0.125. The van der Waals surface area contributed by atoms with Gasteiger partial charge in [0.15, 0.2) is 0 Å². The van der Waals surface area contributed by atoms with Crippen LogP contribution < -0.4 is 0 Å². The summed E-state index contributed by atoms with van der Waals surface area (Å²) in [7, 11) is 2.93. The number of hydrogen-bond donors (Lipinski definition) is 0. The van der Waals surface area contributed by atoms with Crippen LogP contribution in [-0.4, -0.2) is 30.9 Å². The van der Waals surface area contributed by atoms with E-state index in [1.165, 1.54) is 24.2 Å². The molecule has 4 nitrogen and oxygen atoms in total. The van der Waals surface area contributed by atoms with E-state index >= 15 is 0 Å². The third-order valence-corrected chi connectivity index (χ3v) is 3.49. The summed E-state index contributed by atoms with van der Waals surface area (Å²) >= 11 is 0. The highest BCUT2D eigenvalue weighted by Crippen LogP contribution is 2.10. The Bertz CT molecular complexity index is 753. The summed E-state index contributed by atoms with van der Waals surface area (Å²) in [4.78, 5) is 24.9. The van der Waals surface area contributed by atoms with Crippen LogP contribution in [0.25, 0.3) is 6.08 Å². The summed E-state index contributed by atoms with van der Waals surface area (Å²) in [5.41, 5.74) is 1.68. The van der Waals surface area contributed by atoms with Crippen LogP contribution in [0.1, 0.15) is 21.5 Å². The summed E-state index contributed by atoms with van der Waals surface area (Å²) in [6.07, 6.45) is 3.05. The van der Waals surface area contributed by atoms with Crippen LogP contribution in [0, 0.1) is 5.82 Å². The number of ether oxygens (including phenoxy) is 1. The van der Waals surface area contributed by atoms with E-state index in [1.807, 2.05) is 0 Å². The van der Waals surface area contributed by atoms with Gasteiger partial charge < -0.3 is 9.64 Å². The van der Waals surface area contributed by atoms with Gasteiger partial charge in [-0.2, -0.15) is 0 Å². The molecule has 0 fully saturated rings. The fourth-order valence-corrected chi connectivity index (χ4v) is 2.10. The Morgan fingerprint density at radius 1 is 1.12 bits per heavy atom. The number of rotatable bonds is 5. The minimum atomic E-state index is -0.411. The monoisotopic (exact) mass is 327 g/mol. The third-order valence-electron chi connectivity index (χ3n) is 3.49. The molecule has 0 aromatic heterocycles. The summed E-state index contributed by atoms with van der Waals surface area (Å²) in [5, 5.41) is 0. The lowest BCUT2D eigenvalue weighted by Crippen LogP contribution is -2.24. The second-order valence-electron chi connectivity index (χ2n) is 5.23. The Balaban J connectivity index is 1.99. The van der Waals surface area contributed by atoms with E-state index in [-0.39, 0.29) is 18.3 Å². The molecule has 0 aliphatic rings. The predicted octanol–water partition coefficient (Wildman–Crippen LogP) is 3.28. The molecule has 2 rings (SSSR count). The maximum Gasteiger partial charge on any atom is 0.337 e. The number of likely N-dealkylation sites (N-methyl/N-ethyl adjacent to an activating group) is 1. The first-order valence-electron chi connectivity index (χ1n) is 7.36. The first kappa shape index (κ1) is 17.4. The SMILES string of the molecule is COC(=O)c1ccc(/C=C/C(=O)N(C)Cc2ccccc2F)cc1. The molecule has 0 spiro atoms. The fourth-order valence-electron chi connectivity index (χ4n) is 2.10. The number of esters is 1. The molecule has 0 saturated carbocycles. The van der Waals surface area contributed by atoms with E-state index in [1.54, 1.807) is 55.6 Å². The molecule has 0 heterocycles. The van der Waals surface area contributed by atoms with E-state index in [4.69, 9.17) is 0 Å². The highest BCUT2D eigenvalue weighted by molar-refractivity contribution is 5.92. The van der Waals surface area contributed by atoms with Crippen molar-refractivity contribution in [3.63, 3.8) is 0 Å². The highest BCUT2D eigenvalue weighted by Gasteiger charge is 2.09. The molecule has 0 aliphatic heterocycles. The molecule has 0 unspecified atom stereocenters. The molecular formula is C19H18FNO3. The molecule has 0 bridgehead atoms. The van der Waals surface area contributed by atoms with Gasteiger partial charge in [-0.25, -0.2) is 9.18 Å². The zero-order valence-corrected chi connectivity index (χ0v) is 13.5. The minimum Gasteiger partial charge on any atom is -0.465 e. The molecule has 1 amide bonds. The molecule has 0 aliphatic carbocycles. The quantitative estimate of drug-likeness (QED) is 0.625. The summed E-state index contributed by atoms with van der Waals surface area (Å²) < 4.78 is 18.2. The van der Waals surface area contributed by atoms with Crippen LogP contribution in [0.4, 0.5) is 4.39 Å². The van der Waals surface area contributed by atoms with E-state index in [0.29, 0.717) is 11.1 Å². The lowest BCUT2D eigenvalue weighted by Gasteiger charge is -2.15. The van der Waals surface area contributed by atoms with Gasteiger partial charge in [0.1, 0.15) is 5.82 Å². The van der Waals surface area contributed by atoms with Crippen molar-refractivity contribution in [2.45, 2.75) is 6.54 Å². The first-order valence-corrected chi connectivity index (χ1v) is 7.36. The number of nitrogens with zero attached hydrogens (tertiary/aromatic N) is 1. The van der Waals surface area contributed by atoms with Crippen LogP contribution in [0.2, 0.25) is 0 Å². The number of carbonyl (C=O) groups excluding carboxylic acids is 2. The molecule has 0 radical (unpaired) electrons. The lowest BCUT2D eigenvalue weighted by atomic mass is 10.1. The molecule has 0 N–H and O–H groups in total. The highest BCUT2D eigenvalue weighted by atomic mass is 19.1. The minimum absolute atomic E-state index is 0.192. The van der Waals surface area contributed by atoms with Crippen molar-refractivity contribution in [1.82, 2.24) is 4.90 Å². The van der Waals surface area contributed by atoms with Crippen LogP contribution in [-0.2, 0) is 16.1 Å². The van der Waals surface area contributed by atoms with Crippen molar-refractivity contribution in [3.05, 3.63) is 77.1 Å². The van der Waals surface area contributed by atoms with Crippen molar-refractivity contribution in [2.75, 3.05) is 14.2 Å². The number of carbonyl (C=O) groups is 2. The van der Waals surface area contributed by atoms with Crippen LogP contribution in [0.15, 0.2) is 54.6 Å².